The summed E-state index contributed by atoms with van der Waals surface area (Å²) >= 11 is 5.95. The van der Waals surface area contributed by atoms with Crippen molar-refractivity contribution >= 4 is 17.4 Å². The summed E-state index contributed by atoms with van der Waals surface area (Å²) in [6.07, 6.45) is 0. The zero-order valence-corrected chi connectivity index (χ0v) is 9.31. The van der Waals surface area contributed by atoms with Gasteiger partial charge in [0.15, 0.2) is 5.78 Å². The number of halogens is 1. The molecule has 0 aliphatic heterocycles. The fourth-order valence-corrected chi connectivity index (χ4v) is 1.57. The molecule has 0 heterocycles. The number of ether oxygens (including phenoxy) is 1. The molecule has 0 atom stereocenters. The van der Waals surface area contributed by atoms with E-state index >= 15 is 0 Å². The maximum absolute atomic E-state index is 11.2. The smallest absolute Gasteiger partial charge is 0.160 e. The molecule has 1 aromatic carbocycles. The first-order valence-corrected chi connectivity index (χ1v) is 4.88. The van der Waals surface area contributed by atoms with Crippen molar-refractivity contribution in [3.05, 3.63) is 28.3 Å². The number of carbonyl (C=O) groups excluding carboxylic acids is 1. The minimum Gasteiger partial charge on any atom is -0.492 e. The molecule has 14 heavy (non-hydrogen) atoms. The summed E-state index contributed by atoms with van der Waals surface area (Å²) < 4.78 is 5.30. The minimum absolute atomic E-state index is 0.0279. The molecule has 0 amide bonds. The van der Waals surface area contributed by atoms with E-state index in [1.165, 1.54) is 6.92 Å². The third kappa shape index (κ3) is 2.26. The number of hydrogen-bond donors (Lipinski definition) is 0. The van der Waals surface area contributed by atoms with Crippen molar-refractivity contribution in [2.45, 2.75) is 20.8 Å². The van der Waals surface area contributed by atoms with Crippen LogP contribution in [0.4, 0.5) is 0 Å². The maximum Gasteiger partial charge on any atom is 0.160 e. The first-order valence-electron chi connectivity index (χ1n) is 4.50. The topological polar surface area (TPSA) is 26.3 Å². The Labute approximate surface area is 88.8 Å². The van der Waals surface area contributed by atoms with E-state index in [-0.39, 0.29) is 5.78 Å². The van der Waals surface area contributed by atoms with E-state index in [4.69, 9.17) is 16.3 Å². The van der Waals surface area contributed by atoms with Crippen molar-refractivity contribution < 1.29 is 9.53 Å². The first-order chi connectivity index (χ1) is 6.56. The number of carbonyl (C=O) groups is 1. The average Bonchev–Trinajstić information content (AvgIpc) is 2.09. The number of benzene rings is 1. The molecule has 0 unspecified atom stereocenters. The number of aryl methyl sites for hydroxylation is 1. The van der Waals surface area contributed by atoms with Crippen LogP contribution in [0.25, 0.3) is 0 Å². The number of rotatable bonds is 3. The van der Waals surface area contributed by atoms with Crippen molar-refractivity contribution in [2.24, 2.45) is 0 Å². The maximum atomic E-state index is 11.2. The Morgan fingerprint density at radius 1 is 1.50 bits per heavy atom. The number of ketones is 1. The normalized spacial score (nSPS) is 10.0. The van der Waals surface area contributed by atoms with Crippen molar-refractivity contribution in [1.82, 2.24) is 0 Å². The van der Waals surface area contributed by atoms with Gasteiger partial charge < -0.3 is 4.74 Å². The Hall–Kier alpha value is -1.02. The van der Waals surface area contributed by atoms with Gasteiger partial charge in [0, 0.05) is 5.56 Å². The lowest BCUT2D eigenvalue weighted by Crippen LogP contribution is -1.99. The fraction of sp³-hybridized carbons (Fsp3) is 0.364. The van der Waals surface area contributed by atoms with Crippen LogP contribution in [0.1, 0.15) is 29.8 Å². The van der Waals surface area contributed by atoms with Crippen LogP contribution < -0.4 is 4.74 Å². The molecule has 0 fully saturated rings. The van der Waals surface area contributed by atoms with E-state index in [9.17, 15) is 4.79 Å². The van der Waals surface area contributed by atoms with Gasteiger partial charge in [-0.25, -0.2) is 0 Å². The second kappa shape index (κ2) is 4.47. The number of Topliss-reactive ketones (excluding diaryl/α,β-unsaturated/α-hetero) is 1. The van der Waals surface area contributed by atoms with Gasteiger partial charge in [0.05, 0.1) is 11.6 Å². The zero-order valence-electron chi connectivity index (χ0n) is 8.56. The summed E-state index contributed by atoms with van der Waals surface area (Å²) in [4.78, 5) is 11.2. The SMILES string of the molecule is CCOc1cc(C(C)=O)c(C)cc1Cl. The lowest BCUT2D eigenvalue weighted by atomic mass is 10.1. The molecule has 1 rings (SSSR count). The lowest BCUT2D eigenvalue weighted by Gasteiger charge is -2.09. The Morgan fingerprint density at radius 2 is 2.14 bits per heavy atom. The monoisotopic (exact) mass is 212 g/mol. The molecule has 1 aromatic rings. The molecule has 0 N–H and O–H groups in total. The van der Waals surface area contributed by atoms with Crippen LogP contribution in [0, 0.1) is 6.92 Å². The minimum atomic E-state index is 0.0279. The molecule has 3 heteroatoms. The molecule has 0 saturated heterocycles. The van der Waals surface area contributed by atoms with Gasteiger partial charge >= 0.3 is 0 Å². The lowest BCUT2D eigenvalue weighted by molar-refractivity contribution is 0.101. The molecule has 0 saturated carbocycles. The highest BCUT2D eigenvalue weighted by molar-refractivity contribution is 6.32. The van der Waals surface area contributed by atoms with Crippen LogP contribution in [0.15, 0.2) is 12.1 Å². The zero-order chi connectivity index (χ0) is 10.7. The molecule has 0 radical (unpaired) electrons. The van der Waals surface area contributed by atoms with Crippen LogP contribution >= 0.6 is 11.6 Å². The quantitative estimate of drug-likeness (QED) is 0.719. The Balaban J connectivity index is 3.20. The van der Waals surface area contributed by atoms with Crippen molar-refractivity contribution in [2.75, 3.05) is 6.61 Å². The molecule has 76 valence electrons. The first kappa shape index (κ1) is 11.1. The summed E-state index contributed by atoms with van der Waals surface area (Å²) in [5.41, 5.74) is 1.55. The van der Waals surface area contributed by atoms with E-state index in [0.29, 0.717) is 22.9 Å². The van der Waals surface area contributed by atoms with Gasteiger partial charge in [-0.15, -0.1) is 0 Å². The number of hydrogen-bond acceptors (Lipinski definition) is 2. The summed E-state index contributed by atoms with van der Waals surface area (Å²) in [6, 6.07) is 3.45. The molecule has 2 nitrogen and oxygen atoms in total. The van der Waals surface area contributed by atoms with Gasteiger partial charge in [-0.3, -0.25) is 4.79 Å². The highest BCUT2D eigenvalue weighted by Gasteiger charge is 2.09. The van der Waals surface area contributed by atoms with Gasteiger partial charge in [0.1, 0.15) is 5.75 Å². The average molecular weight is 213 g/mol. The fourth-order valence-electron chi connectivity index (χ4n) is 1.30. The van der Waals surface area contributed by atoms with E-state index in [1.54, 1.807) is 12.1 Å². The van der Waals surface area contributed by atoms with Gasteiger partial charge in [-0.2, -0.15) is 0 Å². The second-order valence-electron chi connectivity index (χ2n) is 3.09. The van der Waals surface area contributed by atoms with Crippen molar-refractivity contribution in [1.29, 1.82) is 0 Å². The van der Waals surface area contributed by atoms with E-state index in [2.05, 4.69) is 0 Å². The van der Waals surface area contributed by atoms with Crippen LogP contribution in [-0.2, 0) is 0 Å². The van der Waals surface area contributed by atoms with Crippen LogP contribution in [-0.4, -0.2) is 12.4 Å². The van der Waals surface area contributed by atoms with Crippen LogP contribution in [0.5, 0.6) is 5.75 Å². The van der Waals surface area contributed by atoms with Crippen molar-refractivity contribution in [3.8, 4) is 5.75 Å². The van der Waals surface area contributed by atoms with E-state index in [0.717, 1.165) is 5.56 Å². The molecule has 0 spiro atoms. The summed E-state index contributed by atoms with van der Waals surface area (Å²) in [6.45, 7) is 5.81. The molecular formula is C11H13ClO2. The summed E-state index contributed by atoms with van der Waals surface area (Å²) in [5, 5.41) is 0.550. The predicted molar refractivity (Wildman–Crippen MR) is 57.4 cm³/mol. The van der Waals surface area contributed by atoms with Gasteiger partial charge in [0.2, 0.25) is 0 Å². The third-order valence-electron chi connectivity index (χ3n) is 1.96. The highest BCUT2D eigenvalue weighted by atomic mass is 35.5. The highest BCUT2D eigenvalue weighted by Crippen LogP contribution is 2.28. The predicted octanol–water partition coefficient (Wildman–Crippen LogP) is 3.25. The Morgan fingerprint density at radius 3 is 2.64 bits per heavy atom. The summed E-state index contributed by atoms with van der Waals surface area (Å²) in [5.74, 6) is 0.602. The Bertz CT molecular complexity index is 359. The van der Waals surface area contributed by atoms with Crippen LogP contribution in [0.2, 0.25) is 5.02 Å². The van der Waals surface area contributed by atoms with Gasteiger partial charge in [-0.1, -0.05) is 11.6 Å². The molecule has 0 aliphatic carbocycles. The van der Waals surface area contributed by atoms with E-state index in [1.807, 2.05) is 13.8 Å². The second-order valence-corrected chi connectivity index (χ2v) is 3.49. The molecule has 0 aliphatic rings. The van der Waals surface area contributed by atoms with Gasteiger partial charge in [-0.05, 0) is 38.5 Å². The van der Waals surface area contributed by atoms with Crippen molar-refractivity contribution in [3.63, 3.8) is 0 Å². The third-order valence-corrected chi connectivity index (χ3v) is 2.25. The molecule has 0 bridgehead atoms. The molecule has 0 aromatic heterocycles. The Kier molecular flexibility index (Phi) is 3.53. The van der Waals surface area contributed by atoms with Crippen LogP contribution in [0.3, 0.4) is 0 Å². The standard InChI is InChI=1S/C11H13ClO2/c1-4-14-11-6-9(8(3)13)7(2)5-10(11)12/h5-6H,4H2,1-3H3. The molecular weight excluding hydrogens is 200 g/mol. The summed E-state index contributed by atoms with van der Waals surface area (Å²) in [7, 11) is 0. The van der Waals surface area contributed by atoms with Gasteiger partial charge in [0.25, 0.3) is 0 Å². The van der Waals surface area contributed by atoms with E-state index < -0.39 is 0 Å². The largest absolute Gasteiger partial charge is 0.492 e.